The van der Waals surface area contributed by atoms with Crippen molar-refractivity contribution >= 4 is 0 Å². The molecule has 2 unspecified atom stereocenters. The zero-order valence-electron chi connectivity index (χ0n) is 12.6. The highest BCUT2D eigenvalue weighted by Crippen LogP contribution is 2.16. The van der Waals surface area contributed by atoms with Gasteiger partial charge in [0, 0.05) is 25.9 Å². The fourth-order valence-corrected chi connectivity index (χ4v) is 2.08. The van der Waals surface area contributed by atoms with Crippen molar-refractivity contribution < 1.29 is 0 Å². The fourth-order valence-electron chi connectivity index (χ4n) is 2.08. The number of nitrogens with one attached hydrogen (secondary N) is 1. The first-order valence-corrected chi connectivity index (χ1v) is 7.17. The average molecular weight is 251 g/mol. The summed E-state index contributed by atoms with van der Waals surface area (Å²) >= 11 is 0. The standard InChI is InChI=1S/C15H29N3/c1-12(2)10-16-11-14(4)13(3)6-7-15-17-8-9-18(15)5/h8-9,12-14,16H,6-7,10-11H2,1-5H3. The fraction of sp³-hybridized carbons (Fsp3) is 0.800. The summed E-state index contributed by atoms with van der Waals surface area (Å²) < 4.78 is 2.12. The molecule has 0 aliphatic carbocycles. The molecule has 0 saturated heterocycles. The molecule has 1 heterocycles. The number of rotatable bonds is 8. The van der Waals surface area contributed by atoms with Crippen molar-refractivity contribution in [2.45, 2.75) is 40.5 Å². The summed E-state index contributed by atoms with van der Waals surface area (Å²) in [5, 5.41) is 3.55. The van der Waals surface area contributed by atoms with Gasteiger partial charge in [-0.25, -0.2) is 4.98 Å². The van der Waals surface area contributed by atoms with Crippen LogP contribution in [0, 0.1) is 17.8 Å². The molecule has 0 radical (unpaired) electrons. The molecule has 0 spiro atoms. The van der Waals surface area contributed by atoms with Crippen LogP contribution in [0.2, 0.25) is 0 Å². The first-order valence-electron chi connectivity index (χ1n) is 7.17. The highest BCUT2D eigenvalue weighted by Gasteiger charge is 2.13. The van der Waals surface area contributed by atoms with Crippen LogP contribution in [0.25, 0.3) is 0 Å². The van der Waals surface area contributed by atoms with Gasteiger partial charge in [-0.3, -0.25) is 0 Å². The van der Waals surface area contributed by atoms with E-state index in [0.29, 0.717) is 0 Å². The Hall–Kier alpha value is -0.830. The normalized spacial score (nSPS) is 15.0. The van der Waals surface area contributed by atoms with Crippen LogP contribution in [0.1, 0.15) is 39.9 Å². The van der Waals surface area contributed by atoms with Gasteiger partial charge in [0.05, 0.1) is 0 Å². The molecule has 0 aromatic carbocycles. The van der Waals surface area contributed by atoms with Gasteiger partial charge in [-0.15, -0.1) is 0 Å². The number of hydrogen-bond donors (Lipinski definition) is 1. The molecule has 3 heteroatoms. The average Bonchev–Trinajstić information content (AvgIpc) is 2.71. The second-order valence-corrected chi connectivity index (χ2v) is 6.00. The largest absolute Gasteiger partial charge is 0.338 e. The summed E-state index contributed by atoms with van der Waals surface area (Å²) in [5.41, 5.74) is 0. The highest BCUT2D eigenvalue weighted by molar-refractivity contribution is 4.91. The summed E-state index contributed by atoms with van der Waals surface area (Å²) in [5.74, 6) is 3.40. The molecule has 0 amide bonds. The minimum atomic E-state index is 0.726. The van der Waals surface area contributed by atoms with Gasteiger partial charge >= 0.3 is 0 Å². The lowest BCUT2D eigenvalue weighted by atomic mass is 9.91. The Morgan fingerprint density at radius 3 is 2.44 bits per heavy atom. The summed E-state index contributed by atoms with van der Waals surface area (Å²) in [7, 11) is 2.07. The van der Waals surface area contributed by atoms with E-state index in [9.17, 15) is 0 Å². The molecular weight excluding hydrogens is 222 g/mol. The molecule has 0 saturated carbocycles. The van der Waals surface area contributed by atoms with E-state index in [1.165, 1.54) is 12.2 Å². The summed E-state index contributed by atoms with van der Waals surface area (Å²) in [6.07, 6.45) is 6.20. The Balaban J connectivity index is 2.23. The molecule has 0 aliphatic rings. The predicted octanol–water partition coefficient (Wildman–Crippen LogP) is 2.87. The molecule has 104 valence electrons. The van der Waals surface area contributed by atoms with Crippen LogP contribution < -0.4 is 5.32 Å². The topological polar surface area (TPSA) is 29.9 Å². The highest BCUT2D eigenvalue weighted by atomic mass is 15.0. The van der Waals surface area contributed by atoms with Crippen LogP contribution >= 0.6 is 0 Å². The van der Waals surface area contributed by atoms with Crippen LogP contribution in [0.4, 0.5) is 0 Å². The van der Waals surface area contributed by atoms with E-state index in [-0.39, 0.29) is 0 Å². The summed E-state index contributed by atoms with van der Waals surface area (Å²) in [4.78, 5) is 4.38. The van der Waals surface area contributed by atoms with E-state index in [1.54, 1.807) is 0 Å². The van der Waals surface area contributed by atoms with Crippen molar-refractivity contribution in [1.29, 1.82) is 0 Å². The van der Waals surface area contributed by atoms with Gasteiger partial charge in [0.25, 0.3) is 0 Å². The lowest BCUT2D eigenvalue weighted by Crippen LogP contribution is -2.28. The predicted molar refractivity (Wildman–Crippen MR) is 77.6 cm³/mol. The maximum atomic E-state index is 4.38. The zero-order chi connectivity index (χ0) is 13.5. The zero-order valence-corrected chi connectivity index (χ0v) is 12.6. The van der Waals surface area contributed by atoms with E-state index >= 15 is 0 Å². The first-order chi connectivity index (χ1) is 8.50. The monoisotopic (exact) mass is 251 g/mol. The third-order valence-electron chi connectivity index (χ3n) is 3.73. The van der Waals surface area contributed by atoms with Crippen LogP contribution in [0.3, 0.4) is 0 Å². The molecule has 18 heavy (non-hydrogen) atoms. The van der Waals surface area contributed by atoms with Crippen molar-refractivity contribution in [3.05, 3.63) is 18.2 Å². The lowest BCUT2D eigenvalue weighted by Gasteiger charge is -2.21. The second-order valence-electron chi connectivity index (χ2n) is 6.00. The summed E-state index contributed by atoms with van der Waals surface area (Å²) in [6, 6.07) is 0. The second kappa shape index (κ2) is 7.57. The quantitative estimate of drug-likeness (QED) is 0.770. The third-order valence-corrected chi connectivity index (χ3v) is 3.73. The van der Waals surface area contributed by atoms with Crippen LogP contribution in [0.15, 0.2) is 12.4 Å². The first kappa shape index (κ1) is 15.2. The molecule has 0 fully saturated rings. The number of aryl methyl sites for hydroxylation is 2. The molecular formula is C15H29N3. The summed E-state index contributed by atoms with van der Waals surface area (Å²) in [6.45, 7) is 11.4. The smallest absolute Gasteiger partial charge is 0.108 e. The minimum absolute atomic E-state index is 0.726. The third kappa shape index (κ3) is 5.21. The molecule has 1 rings (SSSR count). The molecule has 3 nitrogen and oxygen atoms in total. The van der Waals surface area contributed by atoms with Crippen LogP contribution in [-0.2, 0) is 13.5 Å². The lowest BCUT2D eigenvalue weighted by molar-refractivity contribution is 0.339. The van der Waals surface area contributed by atoms with Gasteiger partial charge in [-0.2, -0.15) is 0 Å². The SMILES string of the molecule is CC(C)CNCC(C)C(C)CCc1nccn1C. The Bertz CT molecular complexity index is 330. The van der Waals surface area contributed by atoms with E-state index < -0.39 is 0 Å². The van der Waals surface area contributed by atoms with E-state index in [2.05, 4.69) is 49.6 Å². The van der Waals surface area contributed by atoms with Crippen molar-refractivity contribution in [3.8, 4) is 0 Å². The number of nitrogens with zero attached hydrogens (tertiary/aromatic N) is 2. The van der Waals surface area contributed by atoms with Crippen molar-refractivity contribution in [3.63, 3.8) is 0 Å². The Morgan fingerprint density at radius 1 is 1.17 bits per heavy atom. The van der Waals surface area contributed by atoms with Gasteiger partial charge in [0.1, 0.15) is 5.82 Å². The van der Waals surface area contributed by atoms with Crippen molar-refractivity contribution in [2.75, 3.05) is 13.1 Å². The van der Waals surface area contributed by atoms with Gasteiger partial charge in [0.2, 0.25) is 0 Å². The molecule has 1 N–H and O–H groups in total. The Morgan fingerprint density at radius 2 is 1.89 bits per heavy atom. The van der Waals surface area contributed by atoms with Crippen molar-refractivity contribution in [2.24, 2.45) is 24.8 Å². The number of hydrogen-bond acceptors (Lipinski definition) is 2. The molecule has 0 bridgehead atoms. The Kier molecular flexibility index (Phi) is 6.41. The Labute approximate surface area is 112 Å². The van der Waals surface area contributed by atoms with Gasteiger partial charge < -0.3 is 9.88 Å². The molecule has 1 aromatic heterocycles. The molecule has 0 aliphatic heterocycles. The van der Waals surface area contributed by atoms with Crippen molar-refractivity contribution in [1.82, 2.24) is 14.9 Å². The number of aromatic nitrogens is 2. The maximum Gasteiger partial charge on any atom is 0.108 e. The maximum absolute atomic E-state index is 4.38. The van der Waals surface area contributed by atoms with Gasteiger partial charge in [-0.1, -0.05) is 27.7 Å². The molecule has 2 atom stereocenters. The molecule has 1 aromatic rings. The van der Waals surface area contributed by atoms with E-state index in [1.807, 2.05) is 12.4 Å². The van der Waals surface area contributed by atoms with E-state index in [0.717, 1.165) is 37.3 Å². The van der Waals surface area contributed by atoms with E-state index in [4.69, 9.17) is 0 Å². The van der Waals surface area contributed by atoms with Gasteiger partial charge in [0.15, 0.2) is 0 Å². The van der Waals surface area contributed by atoms with Gasteiger partial charge in [-0.05, 0) is 37.3 Å². The van der Waals surface area contributed by atoms with Crippen LogP contribution in [0.5, 0.6) is 0 Å². The minimum Gasteiger partial charge on any atom is -0.338 e. The number of imidazole rings is 1. The van der Waals surface area contributed by atoms with Crippen LogP contribution in [-0.4, -0.2) is 22.6 Å².